The summed E-state index contributed by atoms with van der Waals surface area (Å²) in [5, 5.41) is 4.99. The topological polar surface area (TPSA) is 67.1 Å². The smallest absolute Gasteiger partial charge is 0.148 e. The zero-order valence-electron chi connectivity index (χ0n) is 8.94. The Morgan fingerprint density at radius 2 is 2.53 bits per heavy atom. The highest BCUT2D eigenvalue weighted by atomic mass is 32.1. The summed E-state index contributed by atoms with van der Waals surface area (Å²) in [5.74, 6) is 5.40. The molecule has 5 nitrogen and oxygen atoms in total. The lowest BCUT2D eigenvalue weighted by Crippen LogP contribution is -2.28. The molecule has 2 heterocycles. The normalized spacial score (nSPS) is 22.1. The zero-order chi connectivity index (χ0) is 10.7. The van der Waals surface area contributed by atoms with Gasteiger partial charge in [0.05, 0.1) is 0 Å². The molecule has 1 aliphatic rings. The Balaban J connectivity index is 2.01. The number of hydrogen-bond acceptors (Lipinski definition) is 6. The van der Waals surface area contributed by atoms with Gasteiger partial charge in [0.2, 0.25) is 0 Å². The van der Waals surface area contributed by atoms with Gasteiger partial charge in [0.1, 0.15) is 10.7 Å². The van der Waals surface area contributed by atoms with Crippen LogP contribution in [0, 0.1) is 0 Å². The first kappa shape index (κ1) is 10.8. The summed E-state index contributed by atoms with van der Waals surface area (Å²) < 4.78 is 3.91. The summed E-state index contributed by atoms with van der Waals surface area (Å²) in [7, 11) is 0. The third-order valence-electron chi connectivity index (χ3n) is 3.01. The Bertz CT molecular complexity index is 313. The highest BCUT2D eigenvalue weighted by Crippen LogP contribution is 2.25. The van der Waals surface area contributed by atoms with Crippen molar-refractivity contribution in [2.75, 3.05) is 12.0 Å². The van der Waals surface area contributed by atoms with E-state index in [1.807, 2.05) is 0 Å². The summed E-state index contributed by atoms with van der Waals surface area (Å²) in [6, 6.07) is 0.706. The van der Waals surface area contributed by atoms with E-state index in [1.165, 1.54) is 37.3 Å². The second-order valence-corrected chi connectivity index (χ2v) is 4.62. The van der Waals surface area contributed by atoms with E-state index in [4.69, 9.17) is 5.84 Å². The number of nitrogens with one attached hydrogen (secondary N) is 1. The molecule has 2 rings (SSSR count). The Labute approximate surface area is 93.8 Å². The first-order chi connectivity index (χ1) is 7.35. The van der Waals surface area contributed by atoms with Gasteiger partial charge in [0.15, 0.2) is 0 Å². The van der Waals surface area contributed by atoms with Crippen molar-refractivity contribution in [2.24, 2.45) is 5.84 Å². The van der Waals surface area contributed by atoms with Gasteiger partial charge in [-0.1, -0.05) is 11.4 Å². The van der Waals surface area contributed by atoms with Gasteiger partial charge in [-0.05, 0) is 25.8 Å². The van der Waals surface area contributed by atoms with Crippen LogP contribution in [0.2, 0.25) is 0 Å². The van der Waals surface area contributed by atoms with Crippen LogP contribution < -0.4 is 11.3 Å². The molecule has 0 aliphatic carbocycles. The maximum atomic E-state index is 5.40. The first-order valence-electron chi connectivity index (χ1n) is 5.37. The van der Waals surface area contributed by atoms with Crippen molar-refractivity contribution >= 4 is 16.5 Å². The molecule has 1 fully saturated rings. The predicted molar refractivity (Wildman–Crippen MR) is 61.4 cm³/mol. The van der Waals surface area contributed by atoms with Crippen LogP contribution in [0.5, 0.6) is 0 Å². The molecule has 0 saturated carbocycles. The van der Waals surface area contributed by atoms with Crippen molar-refractivity contribution in [1.29, 1.82) is 0 Å². The second kappa shape index (κ2) is 4.87. The standard InChI is InChI=1S/C9H17N5S/c1-2-7-4-3-5-14(7)6-8-9(11-10)15-13-12-8/h7,11H,2-6,10H2,1H3. The van der Waals surface area contributed by atoms with Gasteiger partial charge in [-0.15, -0.1) is 5.10 Å². The summed E-state index contributed by atoms with van der Waals surface area (Å²) in [6.45, 7) is 4.28. The molecule has 0 aromatic carbocycles. The summed E-state index contributed by atoms with van der Waals surface area (Å²) in [6.07, 6.45) is 3.81. The first-order valence-corrected chi connectivity index (χ1v) is 6.14. The number of rotatable bonds is 4. The van der Waals surface area contributed by atoms with Crippen LogP contribution in [0.15, 0.2) is 0 Å². The van der Waals surface area contributed by atoms with Crippen molar-refractivity contribution in [3.05, 3.63) is 5.69 Å². The SMILES string of the molecule is CCC1CCCN1Cc1nnsc1NN. The molecule has 6 heteroatoms. The van der Waals surface area contributed by atoms with Crippen LogP contribution in [0.3, 0.4) is 0 Å². The third-order valence-corrected chi connectivity index (χ3v) is 3.71. The van der Waals surface area contributed by atoms with Gasteiger partial charge in [-0.2, -0.15) is 0 Å². The molecule has 1 aromatic heterocycles. The molecule has 0 radical (unpaired) electrons. The molecule has 1 aliphatic heterocycles. The van der Waals surface area contributed by atoms with Crippen LogP contribution in [0.1, 0.15) is 31.9 Å². The van der Waals surface area contributed by atoms with Gasteiger partial charge in [-0.25, -0.2) is 5.84 Å². The molecule has 0 amide bonds. The fourth-order valence-electron chi connectivity index (χ4n) is 2.18. The van der Waals surface area contributed by atoms with E-state index in [1.54, 1.807) is 0 Å². The molecule has 1 aromatic rings. The number of aromatic nitrogens is 2. The van der Waals surface area contributed by atoms with Crippen LogP contribution in [0.25, 0.3) is 0 Å². The van der Waals surface area contributed by atoms with Crippen LogP contribution in [-0.4, -0.2) is 27.1 Å². The minimum absolute atomic E-state index is 0.706. The fraction of sp³-hybridized carbons (Fsp3) is 0.778. The quantitative estimate of drug-likeness (QED) is 0.597. The summed E-state index contributed by atoms with van der Waals surface area (Å²) >= 11 is 1.32. The molecule has 3 N–H and O–H groups in total. The minimum Gasteiger partial charge on any atom is -0.313 e. The summed E-state index contributed by atoms with van der Waals surface area (Å²) in [5.41, 5.74) is 3.62. The van der Waals surface area contributed by atoms with E-state index in [0.717, 1.165) is 17.2 Å². The maximum Gasteiger partial charge on any atom is 0.148 e. The number of anilines is 1. The maximum absolute atomic E-state index is 5.40. The molecule has 1 unspecified atom stereocenters. The zero-order valence-corrected chi connectivity index (χ0v) is 9.76. The number of likely N-dealkylation sites (tertiary alicyclic amines) is 1. The Morgan fingerprint density at radius 1 is 1.67 bits per heavy atom. The van der Waals surface area contributed by atoms with E-state index in [2.05, 4.69) is 26.8 Å². The highest BCUT2D eigenvalue weighted by molar-refractivity contribution is 7.10. The molecule has 15 heavy (non-hydrogen) atoms. The van der Waals surface area contributed by atoms with Crippen LogP contribution >= 0.6 is 11.5 Å². The van der Waals surface area contributed by atoms with Crippen molar-refractivity contribution in [3.63, 3.8) is 0 Å². The predicted octanol–water partition coefficient (Wildman–Crippen LogP) is 1.20. The van der Waals surface area contributed by atoms with Crippen molar-refractivity contribution < 1.29 is 0 Å². The Morgan fingerprint density at radius 3 is 3.27 bits per heavy atom. The van der Waals surface area contributed by atoms with E-state index in [9.17, 15) is 0 Å². The van der Waals surface area contributed by atoms with E-state index < -0.39 is 0 Å². The number of nitrogens with two attached hydrogens (primary N) is 1. The van der Waals surface area contributed by atoms with Crippen molar-refractivity contribution in [3.8, 4) is 0 Å². The largest absolute Gasteiger partial charge is 0.313 e. The average Bonchev–Trinajstić information content (AvgIpc) is 2.87. The van der Waals surface area contributed by atoms with Gasteiger partial charge in [0.25, 0.3) is 0 Å². The minimum atomic E-state index is 0.706. The van der Waals surface area contributed by atoms with Crippen LogP contribution in [0.4, 0.5) is 5.00 Å². The number of hydrogen-bond donors (Lipinski definition) is 2. The van der Waals surface area contributed by atoms with Crippen molar-refractivity contribution in [1.82, 2.24) is 14.5 Å². The van der Waals surface area contributed by atoms with E-state index in [-0.39, 0.29) is 0 Å². The Hall–Kier alpha value is -0.720. The molecule has 0 spiro atoms. The van der Waals surface area contributed by atoms with Gasteiger partial charge in [0, 0.05) is 24.1 Å². The lowest BCUT2D eigenvalue weighted by Gasteiger charge is -2.22. The molecule has 0 bridgehead atoms. The van der Waals surface area contributed by atoms with Crippen LogP contribution in [-0.2, 0) is 6.54 Å². The third kappa shape index (κ3) is 2.27. The van der Waals surface area contributed by atoms with Gasteiger partial charge < -0.3 is 5.43 Å². The average molecular weight is 227 g/mol. The monoisotopic (exact) mass is 227 g/mol. The van der Waals surface area contributed by atoms with Gasteiger partial charge in [-0.3, -0.25) is 4.90 Å². The van der Waals surface area contributed by atoms with E-state index in [0.29, 0.717) is 6.04 Å². The molecule has 1 atom stereocenters. The van der Waals surface area contributed by atoms with Gasteiger partial charge >= 0.3 is 0 Å². The Kier molecular flexibility index (Phi) is 3.50. The van der Waals surface area contributed by atoms with E-state index >= 15 is 0 Å². The molecular formula is C9H17N5S. The van der Waals surface area contributed by atoms with Crippen molar-refractivity contribution in [2.45, 2.75) is 38.8 Å². The molecule has 1 saturated heterocycles. The lowest BCUT2D eigenvalue weighted by molar-refractivity contribution is 0.237. The number of hydrazine groups is 1. The molecular weight excluding hydrogens is 210 g/mol. The highest BCUT2D eigenvalue weighted by Gasteiger charge is 2.24. The lowest BCUT2D eigenvalue weighted by atomic mass is 10.2. The summed E-state index contributed by atoms with van der Waals surface area (Å²) in [4.78, 5) is 2.47. The fourth-order valence-corrected chi connectivity index (χ4v) is 2.66. The number of nitrogen functional groups attached to an aromatic ring is 1. The molecule has 84 valence electrons. The second-order valence-electron chi connectivity index (χ2n) is 3.87. The number of nitrogens with zero attached hydrogens (tertiary/aromatic N) is 3.